The summed E-state index contributed by atoms with van der Waals surface area (Å²) < 4.78 is 0. The molecule has 0 fully saturated rings. The Morgan fingerprint density at radius 3 is 2.67 bits per heavy atom. The van der Waals surface area contributed by atoms with E-state index in [9.17, 15) is 9.59 Å². The van der Waals surface area contributed by atoms with Gasteiger partial charge in [-0.15, -0.1) is 0 Å². The molecule has 1 amide bonds. The van der Waals surface area contributed by atoms with Gasteiger partial charge < -0.3 is 15.5 Å². The van der Waals surface area contributed by atoms with Crippen molar-refractivity contribution >= 4 is 24.0 Å². The van der Waals surface area contributed by atoms with E-state index in [1.807, 2.05) is 0 Å². The summed E-state index contributed by atoms with van der Waals surface area (Å²) in [6, 6.07) is 2.75. The number of carboxylic acid groups (broad SMARTS) is 1. The van der Waals surface area contributed by atoms with Crippen LogP contribution in [-0.2, 0) is 9.59 Å². The predicted octanol–water partition coefficient (Wildman–Crippen LogP) is 0.917. The van der Waals surface area contributed by atoms with E-state index in [1.54, 1.807) is 0 Å². The number of amides is 1. The van der Waals surface area contributed by atoms with E-state index < -0.39 is 12.0 Å². The first kappa shape index (κ1) is 11.3. The van der Waals surface area contributed by atoms with Crippen molar-refractivity contribution in [2.24, 2.45) is 0 Å². The summed E-state index contributed by atoms with van der Waals surface area (Å²) >= 11 is 5.60. The number of nitrogens with one attached hydrogen (secondary N) is 1. The lowest BCUT2D eigenvalue weighted by molar-refractivity contribution is -0.140. The first-order valence-electron chi connectivity index (χ1n) is 3.97. The van der Waals surface area contributed by atoms with Crippen molar-refractivity contribution in [3.05, 3.63) is 28.8 Å². The van der Waals surface area contributed by atoms with Crippen LogP contribution < -0.4 is 5.32 Å². The average molecular weight is 230 g/mol. The molecule has 0 aliphatic heterocycles. The number of carbonyl (C=O) groups is 2. The lowest BCUT2D eigenvalue weighted by atomic mass is 10.1. The van der Waals surface area contributed by atoms with Crippen LogP contribution in [0.4, 0.5) is 0 Å². The number of benzene rings is 1. The molecule has 0 spiro atoms. The normalized spacial score (nSPS) is 11.8. The van der Waals surface area contributed by atoms with E-state index in [0.29, 0.717) is 6.41 Å². The Hall–Kier alpha value is -1.75. The topological polar surface area (TPSA) is 86.6 Å². The summed E-state index contributed by atoms with van der Waals surface area (Å²) in [5.41, 5.74) is 0.289. The molecule has 0 heterocycles. The molecular weight excluding hydrogens is 222 g/mol. The maximum absolute atomic E-state index is 10.8. The molecule has 1 aromatic carbocycles. The molecule has 15 heavy (non-hydrogen) atoms. The highest BCUT2D eigenvalue weighted by atomic mass is 35.5. The van der Waals surface area contributed by atoms with Crippen LogP contribution in [0.1, 0.15) is 11.6 Å². The van der Waals surface area contributed by atoms with Gasteiger partial charge in [0.1, 0.15) is 5.75 Å². The van der Waals surface area contributed by atoms with Crippen LogP contribution in [0, 0.1) is 0 Å². The van der Waals surface area contributed by atoms with Crippen molar-refractivity contribution in [3.63, 3.8) is 0 Å². The van der Waals surface area contributed by atoms with Crippen LogP contribution in [0.5, 0.6) is 5.75 Å². The molecule has 1 rings (SSSR count). The predicted molar refractivity (Wildman–Crippen MR) is 52.7 cm³/mol. The highest BCUT2D eigenvalue weighted by Crippen LogP contribution is 2.26. The van der Waals surface area contributed by atoms with Crippen LogP contribution in [0.2, 0.25) is 5.02 Å². The fourth-order valence-electron chi connectivity index (χ4n) is 1.08. The molecule has 0 aromatic heterocycles. The molecule has 6 heteroatoms. The molecule has 1 atom stereocenters. The second kappa shape index (κ2) is 4.65. The first-order valence-corrected chi connectivity index (χ1v) is 4.35. The lowest BCUT2D eigenvalue weighted by Crippen LogP contribution is -2.27. The summed E-state index contributed by atoms with van der Waals surface area (Å²) in [5, 5.41) is 20.1. The third-order valence-electron chi connectivity index (χ3n) is 1.79. The SMILES string of the molecule is O=CN[C@H](C(=O)O)c1ccc(O)c(Cl)c1. The number of carboxylic acids is 1. The number of halogens is 1. The van der Waals surface area contributed by atoms with E-state index in [4.69, 9.17) is 21.8 Å². The Balaban J connectivity index is 3.06. The monoisotopic (exact) mass is 229 g/mol. The van der Waals surface area contributed by atoms with Gasteiger partial charge in [0.25, 0.3) is 0 Å². The van der Waals surface area contributed by atoms with E-state index in [2.05, 4.69) is 5.32 Å². The third kappa shape index (κ3) is 2.60. The number of rotatable bonds is 4. The Morgan fingerprint density at radius 2 is 2.20 bits per heavy atom. The van der Waals surface area contributed by atoms with Gasteiger partial charge >= 0.3 is 5.97 Å². The number of hydrogen-bond acceptors (Lipinski definition) is 3. The Kier molecular flexibility index (Phi) is 3.51. The van der Waals surface area contributed by atoms with Crippen LogP contribution in [0.15, 0.2) is 18.2 Å². The number of aromatic hydroxyl groups is 1. The molecule has 1 aromatic rings. The number of hydrogen-bond donors (Lipinski definition) is 3. The fourth-order valence-corrected chi connectivity index (χ4v) is 1.27. The van der Waals surface area contributed by atoms with Crippen molar-refractivity contribution in [1.82, 2.24) is 5.32 Å². The molecule has 3 N–H and O–H groups in total. The molecular formula is C9H8ClNO4. The number of phenolic OH excluding ortho intramolecular Hbond substituents is 1. The van der Waals surface area contributed by atoms with Gasteiger partial charge in [-0.1, -0.05) is 17.7 Å². The highest BCUT2D eigenvalue weighted by Gasteiger charge is 2.19. The van der Waals surface area contributed by atoms with E-state index >= 15 is 0 Å². The third-order valence-corrected chi connectivity index (χ3v) is 2.09. The maximum atomic E-state index is 10.8. The summed E-state index contributed by atoms with van der Waals surface area (Å²) in [7, 11) is 0. The standard InChI is InChI=1S/C9H8ClNO4/c10-6-3-5(1-2-7(6)13)8(9(14)15)11-4-12/h1-4,8,13H,(H,11,12)(H,14,15)/t8-/m0/s1. The zero-order chi connectivity index (χ0) is 11.4. The zero-order valence-corrected chi connectivity index (χ0v) is 8.23. The number of phenols is 1. The lowest BCUT2D eigenvalue weighted by Gasteiger charge is -2.11. The van der Waals surface area contributed by atoms with Gasteiger partial charge in [0, 0.05) is 0 Å². The second-order valence-corrected chi connectivity index (χ2v) is 3.17. The minimum Gasteiger partial charge on any atom is -0.506 e. The first-order chi connectivity index (χ1) is 7.06. The Bertz CT molecular complexity index is 394. The molecule has 5 nitrogen and oxygen atoms in total. The quantitative estimate of drug-likeness (QED) is 0.670. The second-order valence-electron chi connectivity index (χ2n) is 2.77. The summed E-state index contributed by atoms with van der Waals surface area (Å²) in [6.07, 6.45) is 0.291. The van der Waals surface area contributed by atoms with E-state index in [-0.39, 0.29) is 16.3 Å². The van der Waals surface area contributed by atoms with Gasteiger partial charge in [-0.25, -0.2) is 4.79 Å². The van der Waals surface area contributed by atoms with Gasteiger partial charge in [0.05, 0.1) is 5.02 Å². The van der Waals surface area contributed by atoms with Crippen LogP contribution >= 0.6 is 11.6 Å². The smallest absolute Gasteiger partial charge is 0.330 e. The molecule has 0 saturated carbocycles. The Morgan fingerprint density at radius 1 is 1.53 bits per heavy atom. The average Bonchev–Trinajstić information content (AvgIpc) is 2.18. The number of aliphatic carboxylic acids is 1. The molecule has 0 unspecified atom stereocenters. The summed E-state index contributed by atoms with van der Waals surface area (Å²) in [4.78, 5) is 20.9. The minimum absolute atomic E-state index is 0.0337. The summed E-state index contributed by atoms with van der Waals surface area (Å²) in [6.45, 7) is 0. The molecule has 0 radical (unpaired) electrons. The molecule has 80 valence electrons. The van der Waals surface area contributed by atoms with E-state index in [0.717, 1.165) is 0 Å². The minimum atomic E-state index is -1.20. The van der Waals surface area contributed by atoms with Crippen molar-refractivity contribution < 1.29 is 19.8 Å². The molecule has 0 aliphatic carbocycles. The highest BCUT2D eigenvalue weighted by molar-refractivity contribution is 6.32. The molecule has 0 bridgehead atoms. The van der Waals surface area contributed by atoms with E-state index in [1.165, 1.54) is 18.2 Å². The van der Waals surface area contributed by atoms with Gasteiger partial charge in [-0.2, -0.15) is 0 Å². The summed E-state index contributed by atoms with van der Waals surface area (Å²) in [5.74, 6) is -1.35. The van der Waals surface area contributed by atoms with Crippen molar-refractivity contribution in [3.8, 4) is 5.75 Å². The van der Waals surface area contributed by atoms with Gasteiger partial charge in [0.2, 0.25) is 6.41 Å². The van der Waals surface area contributed by atoms with Gasteiger partial charge in [-0.05, 0) is 17.7 Å². The van der Waals surface area contributed by atoms with Crippen LogP contribution in [-0.4, -0.2) is 22.6 Å². The molecule has 0 saturated heterocycles. The Labute approximate surface area is 90.3 Å². The van der Waals surface area contributed by atoms with Crippen LogP contribution in [0.3, 0.4) is 0 Å². The zero-order valence-electron chi connectivity index (χ0n) is 7.48. The van der Waals surface area contributed by atoms with Crippen molar-refractivity contribution in [2.75, 3.05) is 0 Å². The number of carbonyl (C=O) groups excluding carboxylic acids is 1. The largest absolute Gasteiger partial charge is 0.506 e. The van der Waals surface area contributed by atoms with Crippen LogP contribution in [0.25, 0.3) is 0 Å². The maximum Gasteiger partial charge on any atom is 0.330 e. The molecule has 0 aliphatic rings. The fraction of sp³-hybridized carbons (Fsp3) is 0.111. The van der Waals surface area contributed by atoms with Crippen molar-refractivity contribution in [2.45, 2.75) is 6.04 Å². The van der Waals surface area contributed by atoms with Crippen molar-refractivity contribution in [1.29, 1.82) is 0 Å². The van der Waals surface area contributed by atoms with Gasteiger partial charge in [-0.3, -0.25) is 4.79 Å². The van der Waals surface area contributed by atoms with Gasteiger partial charge in [0.15, 0.2) is 6.04 Å².